The molecule has 5 nitrogen and oxygen atoms in total. The number of fused-ring (bicyclic) bond motifs is 1. The summed E-state index contributed by atoms with van der Waals surface area (Å²) in [5, 5.41) is 5.64. The molecule has 0 radical (unpaired) electrons. The van der Waals surface area contributed by atoms with E-state index >= 15 is 0 Å². The summed E-state index contributed by atoms with van der Waals surface area (Å²) in [5.41, 5.74) is 3.73. The first-order chi connectivity index (χ1) is 11.1. The van der Waals surface area contributed by atoms with E-state index in [2.05, 4.69) is 10.6 Å². The lowest BCUT2D eigenvalue weighted by atomic mass is 10.1. The van der Waals surface area contributed by atoms with Gasteiger partial charge in [-0.05, 0) is 30.2 Å². The van der Waals surface area contributed by atoms with Gasteiger partial charge in [0.05, 0.1) is 12.1 Å². The number of amides is 2. The predicted octanol–water partition coefficient (Wildman–Crippen LogP) is 2.18. The van der Waals surface area contributed by atoms with Gasteiger partial charge in [-0.15, -0.1) is 0 Å². The standard InChI is InChI=1S/C18H18N2O3/c1-12-3-2-4-13(7-12)9-17(21)19-10-14-5-6-15-16(8-14)23-11-18(22)20-15/h2-8H,9-11H2,1H3,(H,19,21)(H,20,22). The van der Waals surface area contributed by atoms with Crippen molar-refractivity contribution in [3.8, 4) is 5.75 Å². The number of rotatable bonds is 4. The molecule has 0 saturated heterocycles. The topological polar surface area (TPSA) is 67.4 Å². The molecule has 118 valence electrons. The van der Waals surface area contributed by atoms with E-state index in [1.807, 2.05) is 43.3 Å². The maximum atomic E-state index is 12.0. The minimum Gasteiger partial charge on any atom is -0.482 e. The van der Waals surface area contributed by atoms with Gasteiger partial charge in [-0.1, -0.05) is 35.9 Å². The predicted molar refractivity (Wildman–Crippen MR) is 87.3 cm³/mol. The fourth-order valence-electron chi connectivity index (χ4n) is 2.50. The highest BCUT2D eigenvalue weighted by Crippen LogP contribution is 2.28. The Bertz CT molecular complexity index is 756. The van der Waals surface area contributed by atoms with E-state index in [1.165, 1.54) is 0 Å². The van der Waals surface area contributed by atoms with Gasteiger partial charge in [0.15, 0.2) is 6.61 Å². The number of nitrogens with one attached hydrogen (secondary N) is 2. The molecule has 0 aromatic heterocycles. The average Bonchev–Trinajstić information content (AvgIpc) is 2.53. The average molecular weight is 310 g/mol. The Morgan fingerprint density at radius 1 is 1.22 bits per heavy atom. The van der Waals surface area contributed by atoms with Crippen molar-refractivity contribution in [3.05, 3.63) is 59.2 Å². The SMILES string of the molecule is Cc1cccc(CC(=O)NCc2ccc3c(c2)OCC(=O)N3)c1. The van der Waals surface area contributed by atoms with Gasteiger partial charge >= 0.3 is 0 Å². The zero-order valence-corrected chi connectivity index (χ0v) is 12.9. The number of hydrogen-bond donors (Lipinski definition) is 2. The second-order valence-electron chi connectivity index (χ2n) is 5.61. The number of carbonyl (C=O) groups excluding carboxylic acids is 2. The number of hydrogen-bond acceptors (Lipinski definition) is 3. The van der Waals surface area contributed by atoms with Gasteiger partial charge in [-0.3, -0.25) is 9.59 Å². The molecule has 0 atom stereocenters. The number of benzene rings is 2. The summed E-state index contributed by atoms with van der Waals surface area (Å²) in [4.78, 5) is 23.3. The van der Waals surface area contributed by atoms with E-state index in [4.69, 9.17) is 4.74 Å². The van der Waals surface area contributed by atoms with Crippen LogP contribution in [0, 0.1) is 6.92 Å². The maximum Gasteiger partial charge on any atom is 0.262 e. The van der Waals surface area contributed by atoms with Crippen LogP contribution < -0.4 is 15.4 Å². The van der Waals surface area contributed by atoms with Crippen LogP contribution in [0.25, 0.3) is 0 Å². The highest BCUT2D eigenvalue weighted by Gasteiger charge is 2.15. The van der Waals surface area contributed by atoms with Gasteiger partial charge in [0.2, 0.25) is 5.91 Å². The van der Waals surface area contributed by atoms with E-state index in [0.717, 1.165) is 16.7 Å². The van der Waals surface area contributed by atoms with E-state index in [9.17, 15) is 9.59 Å². The van der Waals surface area contributed by atoms with Crippen molar-refractivity contribution < 1.29 is 14.3 Å². The first-order valence-electron chi connectivity index (χ1n) is 7.48. The Labute approximate surface area is 134 Å². The highest BCUT2D eigenvalue weighted by molar-refractivity contribution is 5.95. The van der Waals surface area contributed by atoms with E-state index in [1.54, 1.807) is 6.07 Å². The molecule has 2 N–H and O–H groups in total. The Morgan fingerprint density at radius 3 is 2.91 bits per heavy atom. The van der Waals surface area contributed by atoms with Crippen LogP contribution >= 0.6 is 0 Å². The Hall–Kier alpha value is -2.82. The Kier molecular flexibility index (Phi) is 4.28. The van der Waals surface area contributed by atoms with Gasteiger partial charge in [-0.2, -0.15) is 0 Å². The number of carbonyl (C=O) groups is 2. The molecular formula is C18H18N2O3. The molecule has 2 amide bonds. The molecule has 0 aliphatic carbocycles. The monoisotopic (exact) mass is 310 g/mol. The summed E-state index contributed by atoms with van der Waals surface area (Å²) >= 11 is 0. The fourth-order valence-corrected chi connectivity index (χ4v) is 2.50. The van der Waals surface area contributed by atoms with Crippen LogP contribution in [-0.4, -0.2) is 18.4 Å². The van der Waals surface area contributed by atoms with Crippen LogP contribution in [0.2, 0.25) is 0 Å². The third kappa shape index (κ3) is 3.88. The normalized spacial score (nSPS) is 12.8. The Morgan fingerprint density at radius 2 is 2.09 bits per heavy atom. The molecule has 1 heterocycles. The van der Waals surface area contributed by atoms with Crippen molar-refractivity contribution in [3.63, 3.8) is 0 Å². The molecule has 0 unspecified atom stereocenters. The van der Waals surface area contributed by atoms with Crippen LogP contribution in [0.5, 0.6) is 5.75 Å². The second-order valence-corrected chi connectivity index (χ2v) is 5.61. The van der Waals surface area contributed by atoms with Crippen molar-refractivity contribution in [2.75, 3.05) is 11.9 Å². The molecule has 0 spiro atoms. The molecule has 5 heteroatoms. The molecule has 2 aromatic carbocycles. The van der Waals surface area contributed by atoms with Crippen LogP contribution in [0.4, 0.5) is 5.69 Å². The van der Waals surface area contributed by atoms with Crippen molar-refractivity contribution in [2.24, 2.45) is 0 Å². The lowest BCUT2D eigenvalue weighted by Crippen LogP contribution is -2.26. The van der Waals surface area contributed by atoms with Crippen molar-refractivity contribution in [1.29, 1.82) is 0 Å². The summed E-state index contributed by atoms with van der Waals surface area (Å²) in [7, 11) is 0. The highest BCUT2D eigenvalue weighted by atomic mass is 16.5. The number of ether oxygens (including phenoxy) is 1. The van der Waals surface area contributed by atoms with Gasteiger partial charge in [0.25, 0.3) is 5.91 Å². The van der Waals surface area contributed by atoms with E-state index < -0.39 is 0 Å². The smallest absolute Gasteiger partial charge is 0.262 e. The van der Waals surface area contributed by atoms with Crippen LogP contribution in [0.3, 0.4) is 0 Å². The molecular weight excluding hydrogens is 292 g/mol. The van der Waals surface area contributed by atoms with Crippen molar-refractivity contribution in [1.82, 2.24) is 5.32 Å². The molecule has 1 aliphatic rings. The van der Waals surface area contributed by atoms with Crippen molar-refractivity contribution in [2.45, 2.75) is 19.9 Å². The minimum absolute atomic E-state index is 0.0240. The maximum absolute atomic E-state index is 12.0. The van der Waals surface area contributed by atoms with Crippen molar-refractivity contribution >= 4 is 17.5 Å². The molecule has 2 aromatic rings. The van der Waals surface area contributed by atoms with Gasteiger partial charge in [0, 0.05) is 6.54 Å². The molecule has 0 bridgehead atoms. The quantitative estimate of drug-likeness (QED) is 0.909. The molecule has 3 rings (SSSR count). The summed E-state index contributed by atoms with van der Waals surface area (Å²) in [6.45, 7) is 2.46. The lowest BCUT2D eigenvalue weighted by molar-refractivity contribution is -0.120. The summed E-state index contributed by atoms with van der Waals surface area (Å²) < 4.78 is 5.37. The molecule has 1 aliphatic heterocycles. The Balaban J connectivity index is 1.58. The lowest BCUT2D eigenvalue weighted by Gasteiger charge is -2.18. The van der Waals surface area contributed by atoms with E-state index in [-0.39, 0.29) is 18.4 Å². The molecule has 0 fully saturated rings. The van der Waals surface area contributed by atoms with Gasteiger partial charge in [-0.25, -0.2) is 0 Å². The first kappa shape index (κ1) is 15.1. The zero-order valence-electron chi connectivity index (χ0n) is 12.9. The third-order valence-corrected chi connectivity index (χ3v) is 3.62. The molecule has 0 saturated carbocycles. The van der Waals surface area contributed by atoms with Crippen LogP contribution in [-0.2, 0) is 22.6 Å². The summed E-state index contributed by atoms with van der Waals surface area (Å²) in [5.74, 6) is 0.453. The minimum atomic E-state index is -0.156. The first-order valence-corrected chi connectivity index (χ1v) is 7.48. The largest absolute Gasteiger partial charge is 0.482 e. The van der Waals surface area contributed by atoms with Gasteiger partial charge < -0.3 is 15.4 Å². The number of aryl methyl sites for hydroxylation is 1. The van der Waals surface area contributed by atoms with Gasteiger partial charge in [0.1, 0.15) is 5.75 Å². The van der Waals surface area contributed by atoms with Crippen LogP contribution in [0.15, 0.2) is 42.5 Å². The summed E-state index contributed by atoms with van der Waals surface area (Å²) in [6, 6.07) is 13.4. The van der Waals surface area contributed by atoms with E-state index in [0.29, 0.717) is 24.4 Å². The summed E-state index contributed by atoms with van der Waals surface area (Å²) in [6.07, 6.45) is 0.360. The third-order valence-electron chi connectivity index (χ3n) is 3.62. The molecule has 23 heavy (non-hydrogen) atoms. The van der Waals surface area contributed by atoms with Crippen LogP contribution in [0.1, 0.15) is 16.7 Å². The zero-order chi connectivity index (χ0) is 16.2. The number of anilines is 1. The second kappa shape index (κ2) is 6.52. The fraction of sp³-hybridized carbons (Fsp3) is 0.222.